The van der Waals surface area contributed by atoms with E-state index in [2.05, 4.69) is 0 Å². The van der Waals surface area contributed by atoms with Crippen molar-refractivity contribution >= 4 is 11.3 Å². The molecule has 0 saturated carbocycles. The molecule has 0 radical (unpaired) electrons. The smallest absolute Gasteiger partial charge is 0.134 e. The average molecular weight is 279 g/mol. The highest BCUT2D eigenvalue weighted by Gasteiger charge is 2.22. The molecular formula is C14H17NO3S. The van der Waals surface area contributed by atoms with Crippen molar-refractivity contribution in [3.63, 3.8) is 0 Å². The first-order valence-electron chi connectivity index (χ1n) is 5.80. The minimum Gasteiger partial charge on any atom is -0.496 e. The van der Waals surface area contributed by atoms with E-state index in [0.29, 0.717) is 11.5 Å². The predicted molar refractivity (Wildman–Crippen MR) is 76.4 cm³/mol. The average Bonchev–Trinajstić information content (AvgIpc) is 2.93. The number of methoxy groups -OCH3 is 3. The second-order valence-electron chi connectivity index (χ2n) is 3.91. The van der Waals surface area contributed by atoms with Crippen molar-refractivity contribution in [1.82, 2.24) is 0 Å². The van der Waals surface area contributed by atoms with Gasteiger partial charge in [-0.15, -0.1) is 11.3 Å². The fourth-order valence-electron chi connectivity index (χ4n) is 2.02. The summed E-state index contributed by atoms with van der Waals surface area (Å²) in [5.74, 6) is 2.20. The van der Waals surface area contributed by atoms with E-state index >= 15 is 0 Å². The van der Waals surface area contributed by atoms with Crippen molar-refractivity contribution in [3.05, 3.63) is 40.1 Å². The Morgan fingerprint density at radius 2 is 1.53 bits per heavy atom. The molecule has 5 heteroatoms. The number of rotatable bonds is 5. The van der Waals surface area contributed by atoms with Gasteiger partial charge in [-0.25, -0.2) is 0 Å². The highest BCUT2D eigenvalue weighted by Crippen LogP contribution is 2.40. The fraction of sp³-hybridized carbons (Fsp3) is 0.286. The Morgan fingerprint density at radius 1 is 0.947 bits per heavy atom. The minimum atomic E-state index is -0.346. The highest BCUT2D eigenvalue weighted by atomic mass is 32.1. The van der Waals surface area contributed by atoms with Crippen molar-refractivity contribution in [2.45, 2.75) is 6.04 Å². The van der Waals surface area contributed by atoms with E-state index in [1.807, 2.05) is 29.6 Å². The maximum Gasteiger partial charge on any atom is 0.134 e. The van der Waals surface area contributed by atoms with Gasteiger partial charge in [0.05, 0.1) is 37.8 Å². The van der Waals surface area contributed by atoms with Crippen LogP contribution in [0.4, 0.5) is 0 Å². The summed E-state index contributed by atoms with van der Waals surface area (Å²) in [7, 11) is 4.88. The molecule has 1 heterocycles. The normalized spacial score (nSPS) is 12.0. The number of thiophene rings is 1. The van der Waals surface area contributed by atoms with Crippen LogP contribution in [-0.2, 0) is 0 Å². The number of nitrogens with two attached hydrogens (primary N) is 1. The zero-order valence-corrected chi connectivity index (χ0v) is 12.0. The monoisotopic (exact) mass is 279 g/mol. The van der Waals surface area contributed by atoms with E-state index in [1.54, 1.807) is 32.7 Å². The summed E-state index contributed by atoms with van der Waals surface area (Å²) in [6.45, 7) is 0. The number of hydrogen-bond donors (Lipinski definition) is 1. The van der Waals surface area contributed by atoms with Crippen LogP contribution in [0.5, 0.6) is 17.2 Å². The van der Waals surface area contributed by atoms with Crippen LogP contribution >= 0.6 is 11.3 Å². The summed E-state index contributed by atoms with van der Waals surface area (Å²) in [4.78, 5) is 0.949. The van der Waals surface area contributed by atoms with E-state index in [4.69, 9.17) is 19.9 Å². The molecule has 4 nitrogen and oxygen atoms in total. The second kappa shape index (κ2) is 5.95. The molecule has 2 N–H and O–H groups in total. The molecule has 2 aromatic rings. The molecule has 1 aromatic heterocycles. The molecule has 0 fully saturated rings. The van der Waals surface area contributed by atoms with Crippen LogP contribution in [-0.4, -0.2) is 21.3 Å². The SMILES string of the molecule is COc1ccsc1C(N)c1c(OC)cccc1OC. The van der Waals surface area contributed by atoms with Gasteiger partial charge in [0.15, 0.2) is 0 Å². The van der Waals surface area contributed by atoms with E-state index < -0.39 is 0 Å². The van der Waals surface area contributed by atoms with Gasteiger partial charge in [-0.2, -0.15) is 0 Å². The molecule has 0 aliphatic heterocycles. The topological polar surface area (TPSA) is 53.7 Å². The molecule has 1 unspecified atom stereocenters. The third-order valence-corrected chi connectivity index (χ3v) is 3.92. The largest absolute Gasteiger partial charge is 0.496 e. The van der Waals surface area contributed by atoms with Crippen molar-refractivity contribution < 1.29 is 14.2 Å². The van der Waals surface area contributed by atoms with E-state index in [-0.39, 0.29) is 6.04 Å². The minimum absolute atomic E-state index is 0.346. The molecule has 0 saturated heterocycles. The van der Waals surface area contributed by atoms with Crippen LogP contribution in [0.25, 0.3) is 0 Å². The van der Waals surface area contributed by atoms with Gasteiger partial charge in [0.1, 0.15) is 17.2 Å². The Labute approximate surface area is 116 Å². The first-order chi connectivity index (χ1) is 9.22. The summed E-state index contributed by atoms with van der Waals surface area (Å²) in [6.07, 6.45) is 0. The summed E-state index contributed by atoms with van der Waals surface area (Å²) >= 11 is 1.55. The molecule has 19 heavy (non-hydrogen) atoms. The zero-order chi connectivity index (χ0) is 13.8. The molecule has 0 bridgehead atoms. The van der Waals surface area contributed by atoms with Crippen LogP contribution in [0.2, 0.25) is 0 Å². The van der Waals surface area contributed by atoms with Crippen molar-refractivity contribution in [2.24, 2.45) is 5.73 Å². The van der Waals surface area contributed by atoms with Crippen LogP contribution in [0.15, 0.2) is 29.6 Å². The Hall–Kier alpha value is -1.72. The Balaban J connectivity index is 2.51. The van der Waals surface area contributed by atoms with Crippen LogP contribution in [0, 0.1) is 0 Å². The Morgan fingerprint density at radius 3 is 2.05 bits per heavy atom. The van der Waals surface area contributed by atoms with Gasteiger partial charge in [0, 0.05) is 0 Å². The van der Waals surface area contributed by atoms with Crippen molar-refractivity contribution in [1.29, 1.82) is 0 Å². The van der Waals surface area contributed by atoms with Crippen molar-refractivity contribution in [2.75, 3.05) is 21.3 Å². The fourth-order valence-corrected chi connectivity index (χ4v) is 2.89. The number of ether oxygens (including phenoxy) is 3. The lowest BCUT2D eigenvalue weighted by atomic mass is 10.0. The van der Waals surface area contributed by atoms with E-state index in [1.165, 1.54) is 0 Å². The van der Waals surface area contributed by atoms with Crippen LogP contribution < -0.4 is 19.9 Å². The van der Waals surface area contributed by atoms with Gasteiger partial charge in [-0.05, 0) is 23.6 Å². The molecule has 0 aliphatic carbocycles. The standard InChI is InChI=1S/C14H17NO3S/c1-16-9-5-4-6-10(17-2)12(9)13(15)14-11(18-3)7-8-19-14/h4-8,13H,15H2,1-3H3. The molecule has 102 valence electrons. The molecule has 2 rings (SSSR count). The van der Waals surface area contributed by atoms with E-state index in [0.717, 1.165) is 16.2 Å². The van der Waals surface area contributed by atoms with Gasteiger partial charge in [0.2, 0.25) is 0 Å². The summed E-state index contributed by atoms with van der Waals surface area (Å²) in [5.41, 5.74) is 7.19. The molecule has 0 spiro atoms. The zero-order valence-electron chi connectivity index (χ0n) is 11.2. The highest BCUT2D eigenvalue weighted by molar-refractivity contribution is 7.10. The van der Waals surface area contributed by atoms with Crippen LogP contribution in [0.1, 0.15) is 16.5 Å². The maximum atomic E-state index is 6.36. The number of hydrogen-bond acceptors (Lipinski definition) is 5. The van der Waals surface area contributed by atoms with Gasteiger partial charge in [0.25, 0.3) is 0 Å². The molecular weight excluding hydrogens is 262 g/mol. The third-order valence-electron chi connectivity index (χ3n) is 2.94. The molecule has 1 atom stereocenters. The lowest BCUT2D eigenvalue weighted by molar-refractivity contribution is 0.380. The van der Waals surface area contributed by atoms with Crippen LogP contribution in [0.3, 0.4) is 0 Å². The molecule has 0 aliphatic rings. The van der Waals surface area contributed by atoms with Gasteiger partial charge in [-0.1, -0.05) is 6.07 Å². The van der Waals surface area contributed by atoms with Crippen molar-refractivity contribution in [3.8, 4) is 17.2 Å². The Kier molecular flexibility index (Phi) is 4.29. The Bertz CT molecular complexity index is 531. The quantitative estimate of drug-likeness (QED) is 0.914. The predicted octanol–water partition coefficient (Wildman–Crippen LogP) is 2.82. The second-order valence-corrected chi connectivity index (χ2v) is 4.85. The summed E-state index contributed by atoms with van der Waals surface area (Å²) in [6, 6.07) is 7.18. The van der Waals surface area contributed by atoms with Gasteiger partial charge >= 0.3 is 0 Å². The third kappa shape index (κ3) is 2.52. The first-order valence-corrected chi connectivity index (χ1v) is 6.68. The van der Waals surface area contributed by atoms with Gasteiger partial charge < -0.3 is 19.9 Å². The summed E-state index contributed by atoms with van der Waals surface area (Å²) in [5, 5.41) is 1.95. The first kappa shape index (κ1) is 13.7. The lowest BCUT2D eigenvalue weighted by Crippen LogP contribution is -2.14. The molecule has 0 amide bonds. The van der Waals surface area contributed by atoms with E-state index in [9.17, 15) is 0 Å². The lowest BCUT2D eigenvalue weighted by Gasteiger charge is -2.18. The summed E-state index contributed by atoms with van der Waals surface area (Å²) < 4.78 is 16.1. The number of benzene rings is 1. The van der Waals surface area contributed by atoms with Gasteiger partial charge in [-0.3, -0.25) is 0 Å². The molecule has 1 aromatic carbocycles. The maximum absolute atomic E-state index is 6.36.